The largest absolute Gasteiger partial charge is 0.458 e. The SMILES string of the molecule is [2H]c1c([2H])c([2H])c(-c2cc(-c3c([2H])c([2H])c4c(c3[2H])C(C([2H])([2H])[2H])(C([2H])([2H])[2H])CC4(C([2H])([2H])[2H])C([2H])([2H])[2H])c(-[n+]3[c-]n(-c4cccc(Oc5ccc6c7ccccc7n(-c7cc(C(C)(C)C)ccn7)c6c5)c4)c4cc(-c5ccc(C(C)(C)C)cc5)ccc43)c([Si](c3c([2H])c([2H])c([2H])c([2H])c3[2H])(c3c([2H])c([2H])c([2H])c([2H])c3[2H])c3c([2H])c([2H])c([2H])c([2H])c3[2H])c2)c([2H])c1[2H]. The zero-order valence-electron chi connectivity index (χ0n) is 86.2. The number of pyridine rings is 1. The van der Waals surface area contributed by atoms with Crippen LogP contribution in [0.25, 0.3) is 83.4 Å². The Morgan fingerprint density at radius 3 is 1.80 bits per heavy atom. The molecule has 93 heavy (non-hydrogen) atoms. The van der Waals surface area contributed by atoms with Gasteiger partial charge in [-0.15, -0.1) is 0 Å². The maximum absolute atomic E-state index is 11.0. The fourth-order valence-electron chi connectivity index (χ4n) is 12.6. The molecule has 0 N–H and O–H groups in total. The molecule has 1 aliphatic carbocycles. The predicted molar refractivity (Wildman–Crippen MR) is 390 cm³/mol. The van der Waals surface area contributed by atoms with E-state index in [1.54, 1.807) is 48.7 Å². The molecule has 0 spiro atoms. The summed E-state index contributed by atoms with van der Waals surface area (Å²) in [5, 5.41) is -2.95. The van der Waals surface area contributed by atoms with E-state index in [2.05, 4.69) is 27.1 Å². The van der Waals surface area contributed by atoms with Crippen molar-refractivity contribution in [2.45, 2.75) is 97.0 Å². The smallest absolute Gasteiger partial charge is 0.269 e. The first-order chi connectivity index (χ1) is 59.4. The van der Waals surface area contributed by atoms with Gasteiger partial charge in [-0.25, -0.2) is 4.98 Å². The van der Waals surface area contributed by atoms with E-state index < -0.39 is 252 Å². The van der Waals surface area contributed by atoms with Crippen LogP contribution in [0.1, 0.15) is 146 Å². The summed E-state index contributed by atoms with van der Waals surface area (Å²) in [5.74, 6) is 0.990. The average Bonchev–Trinajstić information content (AvgIpc) is 1.62. The van der Waals surface area contributed by atoms with Crippen LogP contribution in [0.15, 0.2) is 279 Å². The zero-order chi connectivity index (χ0) is 94.0. The van der Waals surface area contributed by atoms with Crippen LogP contribution in [0.4, 0.5) is 0 Å². The van der Waals surface area contributed by atoms with Crippen molar-refractivity contribution in [3.63, 3.8) is 0 Å². The zero-order valence-corrected chi connectivity index (χ0v) is 52.2. The highest BCUT2D eigenvalue weighted by Gasteiger charge is 2.46. The molecule has 0 saturated carbocycles. The number of benzene rings is 11. The summed E-state index contributed by atoms with van der Waals surface area (Å²) >= 11 is 0. The van der Waals surface area contributed by atoms with Crippen molar-refractivity contribution in [3.8, 4) is 62.1 Å². The van der Waals surface area contributed by atoms with Gasteiger partial charge in [-0.1, -0.05) is 275 Å². The molecule has 3 heterocycles. The Bertz CT molecular complexity index is 6780. The van der Waals surface area contributed by atoms with Crippen molar-refractivity contribution < 1.29 is 57.3 Å². The molecule has 14 aromatic rings. The molecule has 0 atom stereocenters. The molecule has 0 aliphatic heterocycles. The van der Waals surface area contributed by atoms with Crippen LogP contribution in [0, 0.1) is 6.33 Å². The normalized spacial score (nSPS) is 19.7. The van der Waals surface area contributed by atoms with Gasteiger partial charge in [0.15, 0.2) is 8.07 Å². The monoisotopic (exact) mass is 1260 g/mol. The Morgan fingerprint density at radius 2 is 1.13 bits per heavy atom. The van der Waals surface area contributed by atoms with E-state index >= 15 is 0 Å². The highest BCUT2D eigenvalue weighted by atomic mass is 28.3. The van der Waals surface area contributed by atoms with Gasteiger partial charge in [-0.05, 0) is 165 Å². The summed E-state index contributed by atoms with van der Waals surface area (Å²) < 4.78 is 350. The Morgan fingerprint density at radius 1 is 0.505 bits per heavy atom. The lowest BCUT2D eigenvalue weighted by molar-refractivity contribution is -0.570. The standard InChI is InChI=1S/C87H78N4OSi/c1-84(2,3)64-42-38-60(39-43-64)61-41-47-78-80(52-61)89(66-28-25-29-67(55-66)92-68-44-45-73-72-36-23-24-37-77(72)91(79(73)56-68)82-54-65(48-49-88-82)85(4,5)6)58-90(78)83-74(62-40-46-75-76(51-62)87(9,10)57-86(75,7)8)50-63(59-26-15-11-16-27-59)53-81(83)93(69-30-17-12-18-31-69,70-32-19-13-20-33-70)71-34-21-14-22-35-71/h11-56H,57H2,1-10H3/i7D3,8D3,9D3,10D3,11D,12D,13D,14D,15D,16D,17D,18D,19D,20D,21D,22D,26D,27D,30D,31D,32D,33D,34D,35D,40D,46D,51D. The molecule has 0 bridgehead atoms. The first-order valence-corrected chi connectivity index (χ1v) is 31.9. The van der Waals surface area contributed by atoms with Crippen LogP contribution in [0.2, 0.25) is 0 Å². The van der Waals surface area contributed by atoms with Crippen molar-refractivity contribution in [1.29, 1.82) is 0 Å². The molecule has 0 saturated heterocycles. The van der Waals surface area contributed by atoms with Gasteiger partial charge in [-0.2, -0.15) is 0 Å². The molecule has 0 unspecified atom stereocenters. The Balaban J connectivity index is 1.22. The molecular weight excluding hydrogens is 1150 g/mol. The molecule has 15 rings (SSSR count). The third-order valence-corrected chi connectivity index (χ3v) is 21.3. The third-order valence-electron chi connectivity index (χ3n) is 17.2. The number of ether oxygens (including phenoxy) is 1. The Kier molecular flexibility index (Phi) is 7.76. The van der Waals surface area contributed by atoms with Crippen molar-refractivity contribution in [3.05, 3.63) is 307 Å². The molecule has 11 aromatic carbocycles. The minimum Gasteiger partial charge on any atom is -0.458 e. The van der Waals surface area contributed by atoms with Crippen molar-refractivity contribution in [1.82, 2.24) is 14.1 Å². The average molecular weight is 1260 g/mol. The molecule has 5 nitrogen and oxygen atoms in total. The number of imidazole rings is 1. The maximum atomic E-state index is 11.0. The van der Waals surface area contributed by atoms with Crippen molar-refractivity contribution in [2.24, 2.45) is 0 Å². The highest BCUT2D eigenvalue weighted by molar-refractivity contribution is 7.20. The maximum Gasteiger partial charge on any atom is 0.269 e. The van der Waals surface area contributed by atoms with E-state index in [0.717, 1.165) is 44.1 Å². The van der Waals surface area contributed by atoms with Crippen molar-refractivity contribution in [2.75, 3.05) is 0 Å². The molecule has 0 fully saturated rings. The lowest BCUT2D eigenvalue weighted by atomic mass is 9.82. The number of para-hydroxylation sites is 1. The number of aromatic nitrogens is 4. The lowest BCUT2D eigenvalue weighted by Crippen LogP contribution is -2.76. The third kappa shape index (κ3) is 10.4. The van der Waals surface area contributed by atoms with E-state index in [1.807, 2.05) is 98.1 Å². The van der Waals surface area contributed by atoms with E-state index in [-0.39, 0.29) is 39.0 Å². The van der Waals surface area contributed by atoms with Gasteiger partial charge in [0.1, 0.15) is 17.3 Å². The van der Waals surface area contributed by atoms with Gasteiger partial charge in [-0.3, -0.25) is 13.7 Å². The number of nitrogens with zero attached hydrogens (tertiary/aromatic N) is 4. The summed E-state index contributed by atoms with van der Waals surface area (Å²) in [5.41, 5.74) is -12.0. The van der Waals surface area contributed by atoms with Crippen LogP contribution in [-0.4, -0.2) is 22.2 Å². The lowest BCUT2D eigenvalue weighted by Gasteiger charge is -2.37. The Hall–Kier alpha value is -10.1. The summed E-state index contributed by atoms with van der Waals surface area (Å²) in [4.78, 5) is 4.85. The van der Waals surface area contributed by atoms with Gasteiger partial charge in [0.2, 0.25) is 0 Å². The van der Waals surface area contributed by atoms with Crippen LogP contribution >= 0.6 is 0 Å². The van der Waals surface area contributed by atoms with Gasteiger partial charge < -0.3 is 4.74 Å². The van der Waals surface area contributed by atoms with Crippen LogP contribution in [0.5, 0.6) is 11.5 Å². The topological polar surface area (TPSA) is 35.9 Å². The van der Waals surface area contributed by atoms with E-state index in [9.17, 15) is 38.4 Å². The Labute approximate surface area is 598 Å². The summed E-state index contributed by atoms with van der Waals surface area (Å²) in [6.07, 6.45) is 3.11. The summed E-state index contributed by atoms with van der Waals surface area (Å²) in [6, 6.07) is 7.61. The minimum absolute atomic E-state index is 0.0130. The molecule has 3 aromatic heterocycles. The van der Waals surface area contributed by atoms with Crippen LogP contribution in [-0.2, 0) is 21.7 Å². The van der Waals surface area contributed by atoms with Gasteiger partial charge in [0, 0.05) is 39.5 Å². The molecule has 0 amide bonds. The molecular formula is C87H78N4OSi. The molecule has 6 heteroatoms. The second-order valence-electron chi connectivity index (χ2n) is 25.2. The van der Waals surface area contributed by atoms with E-state index in [0.29, 0.717) is 22.5 Å². The predicted octanol–water partition coefficient (Wildman–Crippen LogP) is 18.9. The van der Waals surface area contributed by atoms with Gasteiger partial charge in [0.25, 0.3) is 6.33 Å². The number of fused-ring (bicyclic) bond motifs is 5. The minimum atomic E-state index is -6.97. The molecule has 1 aliphatic rings. The number of hydrogen-bond donors (Lipinski definition) is 0. The fourth-order valence-corrected chi connectivity index (χ4v) is 16.7. The van der Waals surface area contributed by atoms with Crippen LogP contribution < -0.4 is 30.1 Å². The van der Waals surface area contributed by atoms with E-state index in [4.69, 9.17) is 19.3 Å². The first-order valence-electron chi connectivity index (χ1n) is 47.4. The number of rotatable bonds is 12. The quantitative estimate of drug-likeness (QED) is 0.0529. The second-order valence-corrected chi connectivity index (χ2v) is 28.8. The molecule has 456 valence electrons. The van der Waals surface area contributed by atoms with Gasteiger partial charge in [0.05, 0.1) is 65.0 Å². The summed E-state index contributed by atoms with van der Waals surface area (Å²) in [7, 11) is -6.97. The second kappa shape index (κ2) is 22.6. The first kappa shape index (κ1) is 31.9. The van der Waals surface area contributed by atoms with E-state index in [1.165, 1.54) is 10.6 Å². The van der Waals surface area contributed by atoms with Crippen molar-refractivity contribution >= 4 is 61.7 Å². The summed E-state index contributed by atoms with van der Waals surface area (Å²) in [6.45, 7) is -4.29. The molecule has 0 radical (unpaired) electrons. The fraction of sp³-hybridized carbons (Fsp3) is 0.172. The highest BCUT2D eigenvalue weighted by Crippen LogP contribution is 2.51. The van der Waals surface area contributed by atoms with Crippen LogP contribution in [0.3, 0.4) is 0 Å². The van der Waals surface area contributed by atoms with Gasteiger partial charge >= 0.3 is 0 Å². The number of hydrogen-bond acceptors (Lipinski definition) is 2.